The molecule has 6 heteroatoms. The minimum absolute atomic E-state index is 0.0117. The Bertz CT molecular complexity index is 394. The van der Waals surface area contributed by atoms with E-state index in [0.29, 0.717) is 24.1 Å². The fraction of sp³-hybridized carbons (Fsp3) is 0.545. The zero-order chi connectivity index (χ0) is 12.8. The number of nitro groups is 1. The van der Waals surface area contributed by atoms with E-state index < -0.39 is 4.92 Å². The van der Waals surface area contributed by atoms with E-state index in [1.165, 1.54) is 6.20 Å². The standard InChI is InChI=1S/C11H17N3O3/c1-8(2)12-4-5-17-11-6-9(3)10(7-13-11)14(15)16/h6-8,12H,4-5H2,1-3H3. The molecule has 0 saturated carbocycles. The highest BCUT2D eigenvalue weighted by Gasteiger charge is 2.11. The fourth-order valence-corrected chi connectivity index (χ4v) is 1.30. The number of aryl methyl sites for hydroxylation is 1. The Kier molecular flexibility index (Phi) is 4.84. The minimum Gasteiger partial charge on any atom is -0.476 e. The molecule has 94 valence electrons. The van der Waals surface area contributed by atoms with Crippen LogP contribution < -0.4 is 10.1 Å². The first-order chi connectivity index (χ1) is 8.00. The summed E-state index contributed by atoms with van der Waals surface area (Å²) in [5.74, 6) is 0.415. The maximum atomic E-state index is 10.6. The van der Waals surface area contributed by atoms with Gasteiger partial charge < -0.3 is 10.1 Å². The van der Waals surface area contributed by atoms with E-state index in [9.17, 15) is 10.1 Å². The van der Waals surface area contributed by atoms with Crippen LogP contribution in [0.1, 0.15) is 19.4 Å². The fourth-order valence-electron chi connectivity index (χ4n) is 1.30. The lowest BCUT2D eigenvalue weighted by Gasteiger charge is -2.09. The van der Waals surface area contributed by atoms with E-state index in [-0.39, 0.29) is 5.69 Å². The summed E-state index contributed by atoms with van der Waals surface area (Å²) in [6, 6.07) is 1.98. The van der Waals surface area contributed by atoms with Crippen LogP contribution in [0.4, 0.5) is 5.69 Å². The van der Waals surface area contributed by atoms with Crippen LogP contribution in [0.2, 0.25) is 0 Å². The van der Waals surface area contributed by atoms with Gasteiger partial charge in [0, 0.05) is 24.2 Å². The predicted molar refractivity (Wildman–Crippen MR) is 64.3 cm³/mol. The van der Waals surface area contributed by atoms with Gasteiger partial charge in [0.15, 0.2) is 0 Å². The van der Waals surface area contributed by atoms with Gasteiger partial charge >= 0.3 is 0 Å². The summed E-state index contributed by atoms with van der Waals surface area (Å²) in [4.78, 5) is 14.0. The number of hydrogen-bond acceptors (Lipinski definition) is 5. The summed E-state index contributed by atoms with van der Waals surface area (Å²) < 4.78 is 5.38. The van der Waals surface area contributed by atoms with Crippen LogP contribution in [0.15, 0.2) is 12.3 Å². The molecule has 0 fully saturated rings. The topological polar surface area (TPSA) is 77.3 Å². The number of nitrogens with zero attached hydrogens (tertiary/aromatic N) is 2. The molecule has 1 N–H and O–H groups in total. The Morgan fingerprint density at radius 2 is 2.29 bits per heavy atom. The molecule has 0 radical (unpaired) electrons. The van der Waals surface area contributed by atoms with Crippen LogP contribution in [-0.2, 0) is 0 Å². The number of aromatic nitrogens is 1. The summed E-state index contributed by atoms with van der Waals surface area (Å²) in [7, 11) is 0. The second-order valence-electron chi connectivity index (χ2n) is 4.02. The van der Waals surface area contributed by atoms with Crippen molar-refractivity contribution in [3.05, 3.63) is 27.9 Å². The number of ether oxygens (including phenoxy) is 1. The van der Waals surface area contributed by atoms with Crippen LogP contribution in [0.25, 0.3) is 0 Å². The highest BCUT2D eigenvalue weighted by atomic mass is 16.6. The number of hydrogen-bond donors (Lipinski definition) is 1. The summed E-state index contributed by atoms with van der Waals surface area (Å²) in [5, 5.41) is 13.8. The van der Waals surface area contributed by atoms with Crippen LogP contribution in [0.5, 0.6) is 5.88 Å². The lowest BCUT2D eigenvalue weighted by molar-refractivity contribution is -0.385. The van der Waals surface area contributed by atoms with Crippen LogP contribution in [0, 0.1) is 17.0 Å². The van der Waals surface area contributed by atoms with E-state index in [4.69, 9.17) is 4.74 Å². The smallest absolute Gasteiger partial charge is 0.290 e. The molecule has 0 aromatic carbocycles. The zero-order valence-electron chi connectivity index (χ0n) is 10.3. The molecule has 0 aliphatic carbocycles. The van der Waals surface area contributed by atoms with Crippen molar-refractivity contribution in [2.24, 2.45) is 0 Å². The van der Waals surface area contributed by atoms with Crippen molar-refractivity contribution in [1.29, 1.82) is 0 Å². The van der Waals surface area contributed by atoms with Crippen LogP contribution in [0.3, 0.4) is 0 Å². The third-order valence-corrected chi connectivity index (χ3v) is 2.16. The highest BCUT2D eigenvalue weighted by molar-refractivity contribution is 5.39. The van der Waals surface area contributed by atoms with Gasteiger partial charge in [-0.25, -0.2) is 4.98 Å². The van der Waals surface area contributed by atoms with Gasteiger partial charge in [-0.2, -0.15) is 0 Å². The van der Waals surface area contributed by atoms with Crippen LogP contribution in [-0.4, -0.2) is 29.1 Å². The second-order valence-corrected chi connectivity index (χ2v) is 4.02. The Labute approximate surface area is 100 Å². The van der Waals surface area contributed by atoms with Crippen molar-refractivity contribution in [3.63, 3.8) is 0 Å². The maximum Gasteiger partial charge on any atom is 0.290 e. The van der Waals surface area contributed by atoms with Gasteiger partial charge in [0.25, 0.3) is 5.69 Å². The van der Waals surface area contributed by atoms with Gasteiger partial charge in [-0.1, -0.05) is 13.8 Å². The van der Waals surface area contributed by atoms with Gasteiger partial charge in [0.2, 0.25) is 5.88 Å². The Balaban J connectivity index is 2.50. The molecule has 0 unspecified atom stereocenters. The first kappa shape index (κ1) is 13.4. The minimum atomic E-state index is -0.452. The molecule has 0 aliphatic rings. The molecule has 0 bridgehead atoms. The first-order valence-corrected chi connectivity index (χ1v) is 5.48. The van der Waals surface area contributed by atoms with Crippen molar-refractivity contribution >= 4 is 5.69 Å². The summed E-state index contributed by atoms with van der Waals surface area (Å²) >= 11 is 0. The Morgan fingerprint density at radius 3 is 2.82 bits per heavy atom. The molecule has 0 amide bonds. The molecular weight excluding hydrogens is 222 g/mol. The van der Waals surface area contributed by atoms with Gasteiger partial charge in [0.05, 0.1) is 4.92 Å². The molecule has 0 saturated heterocycles. The monoisotopic (exact) mass is 239 g/mol. The van der Waals surface area contributed by atoms with E-state index in [0.717, 1.165) is 6.54 Å². The summed E-state index contributed by atoms with van der Waals surface area (Å²) in [6.45, 7) is 6.97. The molecule has 0 spiro atoms. The SMILES string of the molecule is Cc1cc(OCCNC(C)C)ncc1[N+](=O)[O-]. The third-order valence-electron chi connectivity index (χ3n) is 2.16. The van der Waals surface area contributed by atoms with E-state index in [1.807, 2.05) is 13.8 Å². The molecule has 6 nitrogen and oxygen atoms in total. The van der Waals surface area contributed by atoms with Crippen molar-refractivity contribution in [2.75, 3.05) is 13.2 Å². The molecule has 1 heterocycles. The van der Waals surface area contributed by atoms with Gasteiger partial charge in [-0.05, 0) is 6.92 Å². The first-order valence-electron chi connectivity index (χ1n) is 5.48. The Morgan fingerprint density at radius 1 is 1.59 bits per heavy atom. The quantitative estimate of drug-likeness (QED) is 0.464. The molecule has 1 aromatic heterocycles. The maximum absolute atomic E-state index is 10.6. The normalized spacial score (nSPS) is 10.6. The van der Waals surface area contributed by atoms with Crippen molar-refractivity contribution in [3.8, 4) is 5.88 Å². The number of rotatable bonds is 6. The van der Waals surface area contributed by atoms with Gasteiger partial charge in [0.1, 0.15) is 12.8 Å². The molecular formula is C11H17N3O3. The van der Waals surface area contributed by atoms with Crippen molar-refractivity contribution in [2.45, 2.75) is 26.8 Å². The van der Waals surface area contributed by atoms with Gasteiger partial charge in [-0.15, -0.1) is 0 Å². The molecule has 1 aromatic rings. The lowest BCUT2D eigenvalue weighted by atomic mass is 10.2. The average molecular weight is 239 g/mol. The lowest BCUT2D eigenvalue weighted by Crippen LogP contribution is -2.27. The van der Waals surface area contributed by atoms with E-state index >= 15 is 0 Å². The summed E-state index contributed by atoms with van der Waals surface area (Å²) in [5.41, 5.74) is 0.564. The van der Waals surface area contributed by atoms with E-state index in [1.54, 1.807) is 13.0 Å². The van der Waals surface area contributed by atoms with Crippen LogP contribution >= 0.6 is 0 Å². The largest absolute Gasteiger partial charge is 0.476 e. The number of pyridine rings is 1. The predicted octanol–water partition coefficient (Wildman–Crippen LogP) is 1.68. The van der Waals surface area contributed by atoms with E-state index in [2.05, 4.69) is 10.3 Å². The molecule has 0 aliphatic heterocycles. The molecule has 0 atom stereocenters. The molecule has 17 heavy (non-hydrogen) atoms. The van der Waals surface area contributed by atoms with Gasteiger partial charge in [-0.3, -0.25) is 10.1 Å². The molecule has 1 rings (SSSR count). The third kappa shape index (κ3) is 4.36. The average Bonchev–Trinajstić information content (AvgIpc) is 2.23. The van der Waals surface area contributed by atoms with Crippen molar-refractivity contribution < 1.29 is 9.66 Å². The zero-order valence-corrected chi connectivity index (χ0v) is 10.3. The second kappa shape index (κ2) is 6.15. The van der Waals surface area contributed by atoms with Crippen molar-refractivity contribution in [1.82, 2.24) is 10.3 Å². The number of nitrogens with one attached hydrogen (secondary N) is 1. The Hall–Kier alpha value is -1.69. The highest BCUT2D eigenvalue weighted by Crippen LogP contribution is 2.19. The summed E-state index contributed by atoms with van der Waals surface area (Å²) in [6.07, 6.45) is 1.22.